The van der Waals surface area contributed by atoms with Gasteiger partial charge in [-0.15, -0.1) is 0 Å². The van der Waals surface area contributed by atoms with Crippen LogP contribution >= 0.6 is 0 Å². The number of hydrogen-bond donors (Lipinski definition) is 0. The average molecular weight is 240 g/mol. The molecule has 0 radical (unpaired) electrons. The lowest BCUT2D eigenvalue weighted by Crippen LogP contribution is -2.36. The van der Waals surface area contributed by atoms with E-state index in [0.29, 0.717) is 0 Å². The lowest BCUT2D eigenvalue weighted by Gasteiger charge is -2.30. The van der Waals surface area contributed by atoms with Gasteiger partial charge >= 0.3 is 0 Å². The summed E-state index contributed by atoms with van der Waals surface area (Å²) in [6, 6.07) is 0.732. The second-order valence-electron chi connectivity index (χ2n) is 6.20. The quantitative estimate of drug-likeness (QED) is 0.674. The summed E-state index contributed by atoms with van der Waals surface area (Å²) in [7, 11) is 2.28. The van der Waals surface area contributed by atoms with Crippen LogP contribution in [0.2, 0.25) is 0 Å². The van der Waals surface area contributed by atoms with Crippen molar-refractivity contribution in [3.63, 3.8) is 0 Å². The summed E-state index contributed by atoms with van der Waals surface area (Å²) in [6.07, 6.45) is 6.93. The van der Waals surface area contributed by atoms with Gasteiger partial charge in [0.05, 0.1) is 0 Å². The van der Waals surface area contributed by atoms with Gasteiger partial charge in [0.2, 0.25) is 0 Å². The molecule has 1 aliphatic heterocycles. The second-order valence-corrected chi connectivity index (χ2v) is 6.20. The third kappa shape index (κ3) is 6.42. The van der Waals surface area contributed by atoms with Crippen LogP contribution in [0.3, 0.4) is 0 Å². The van der Waals surface area contributed by atoms with Crippen molar-refractivity contribution in [3.05, 3.63) is 0 Å². The Morgan fingerprint density at radius 2 is 1.65 bits per heavy atom. The minimum Gasteiger partial charge on any atom is -0.304 e. The molecule has 1 heterocycles. The fraction of sp³-hybridized carbons (Fsp3) is 1.00. The highest BCUT2D eigenvalue weighted by Crippen LogP contribution is 2.11. The maximum absolute atomic E-state index is 2.65. The highest BCUT2D eigenvalue weighted by molar-refractivity contribution is 4.70. The Morgan fingerprint density at radius 1 is 1.00 bits per heavy atom. The van der Waals surface area contributed by atoms with E-state index in [2.05, 4.69) is 37.6 Å². The number of hydrogen-bond acceptors (Lipinski definition) is 2. The molecule has 0 aromatic heterocycles. The summed E-state index contributed by atoms with van der Waals surface area (Å²) in [6.45, 7) is 12.2. The summed E-state index contributed by atoms with van der Waals surface area (Å²) in [5, 5.41) is 0. The normalized spacial score (nSPS) is 20.1. The SMILES string of the molecule is CC(C)CCN(C)C(C)CCN1CCCCC1. The van der Waals surface area contributed by atoms with E-state index in [1.165, 1.54) is 58.3 Å². The molecular formula is C15H32N2. The number of likely N-dealkylation sites (tertiary alicyclic amines) is 1. The second kappa shape index (κ2) is 8.10. The van der Waals surface area contributed by atoms with E-state index in [-0.39, 0.29) is 0 Å². The largest absolute Gasteiger partial charge is 0.304 e. The van der Waals surface area contributed by atoms with Gasteiger partial charge in [-0.3, -0.25) is 0 Å². The smallest absolute Gasteiger partial charge is 0.00760 e. The molecule has 2 nitrogen and oxygen atoms in total. The number of piperidine rings is 1. The Morgan fingerprint density at radius 3 is 2.24 bits per heavy atom. The zero-order valence-electron chi connectivity index (χ0n) is 12.4. The molecule has 1 fully saturated rings. The molecule has 1 rings (SSSR count). The molecule has 0 aliphatic carbocycles. The predicted molar refractivity (Wildman–Crippen MR) is 76.5 cm³/mol. The van der Waals surface area contributed by atoms with Crippen LogP contribution in [0.25, 0.3) is 0 Å². The third-order valence-corrected chi connectivity index (χ3v) is 4.12. The molecule has 0 amide bonds. The molecule has 0 saturated carbocycles. The lowest BCUT2D eigenvalue weighted by atomic mass is 10.1. The summed E-state index contributed by atoms with van der Waals surface area (Å²) >= 11 is 0. The zero-order valence-corrected chi connectivity index (χ0v) is 12.4. The first-order chi connectivity index (χ1) is 8.09. The standard InChI is InChI=1S/C15H32N2/c1-14(2)8-12-16(4)15(3)9-13-17-10-6-5-7-11-17/h14-15H,5-13H2,1-4H3. The first-order valence-electron chi connectivity index (χ1n) is 7.52. The van der Waals surface area contributed by atoms with Crippen molar-refractivity contribution >= 4 is 0 Å². The molecule has 102 valence electrons. The molecule has 1 atom stereocenters. The Labute approximate surface area is 108 Å². The molecule has 1 saturated heterocycles. The molecule has 17 heavy (non-hydrogen) atoms. The van der Waals surface area contributed by atoms with Gasteiger partial charge in [0.1, 0.15) is 0 Å². The molecule has 0 spiro atoms. The van der Waals surface area contributed by atoms with E-state index in [4.69, 9.17) is 0 Å². The maximum Gasteiger partial charge on any atom is 0.00760 e. The van der Waals surface area contributed by atoms with Gasteiger partial charge in [-0.25, -0.2) is 0 Å². The van der Waals surface area contributed by atoms with Crippen LogP contribution in [0, 0.1) is 5.92 Å². The average Bonchev–Trinajstić information content (AvgIpc) is 2.34. The molecule has 2 heteroatoms. The van der Waals surface area contributed by atoms with Crippen molar-refractivity contribution in [3.8, 4) is 0 Å². The van der Waals surface area contributed by atoms with E-state index in [1.807, 2.05) is 0 Å². The van der Waals surface area contributed by atoms with E-state index in [9.17, 15) is 0 Å². The minimum atomic E-state index is 0.732. The van der Waals surface area contributed by atoms with Crippen LogP contribution in [-0.2, 0) is 0 Å². The van der Waals surface area contributed by atoms with Gasteiger partial charge < -0.3 is 9.80 Å². The maximum atomic E-state index is 2.65. The highest BCUT2D eigenvalue weighted by Gasteiger charge is 2.13. The predicted octanol–water partition coefficient (Wildman–Crippen LogP) is 3.23. The van der Waals surface area contributed by atoms with Crippen LogP contribution in [0.1, 0.15) is 52.9 Å². The Bertz CT molecular complexity index is 185. The van der Waals surface area contributed by atoms with Crippen molar-refractivity contribution in [1.82, 2.24) is 9.80 Å². The topological polar surface area (TPSA) is 6.48 Å². The van der Waals surface area contributed by atoms with Gasteiger partial charge in [-0.1, -0.05) is 20.3 Å². The van der Waals surface area contributed by atoms with Gasteiger partial charge in [-0.2, -0.15) is 0 Å². The molecular weight excluding hydrogens is 208 g/mol. The van der Waals surface area contributed by atoms with Crippen molar-refractivity contribution < 1.29 is 0 Å². The molecule has 0 bridgehead atoms. The lowest BCUT2D eigenvalue weighted by molar-refractivity contribution is 0.179. The van der Waals surface area contributed by atoms with Crippen molar-refractivity contribution in [2.75, 3.05) is 33.2 Å². The van der Waals surface area contributed by atoms with Gasteiger partial charge in [0.15, 0.2) is 0 Å². The number of nitrogens with zero attached hydrogens (tertiary/aromatic N) is 2. The first-order valence-corrected chi connectivity index (χ1v) is 7.52. The fourth-order valence-electron chi connectivity index (χ4n) is 2.46. The number of rotatable bonds is 7. The van der Waals surface area contributed by atoms with Gasteiger partial charge in [-0.05, 0) is 71.8 Å². The Balaban J connectivity index is 2.12. The molecule has 0 aromatic rings. The van der Waals surface area contributed by atoms with Crippen LogP contribution < -0.4 is 0 Å². The van der Waals surface area contributed by atoms with E-state index >= 15 is 0 Å². The minimum absolute atomic E-state index is 0.732. The van der Waals surface area contributed by atoms with Gasteiger partial charge in [0.25, 0.3) is 0 Å². The van der Waals surface area contributed by atoms with Crippen LogP contribution in [0.15, 0.2) is 0 Å². The van der Waals surface area contributed by atoms with Crippen molar-refractivity contribution in [2.45, 2.75) is 58.9 Å². The zero-order chi connectivity index (χ0) is 12.7. The summed E-state index contributed by atoms with van der Waals surface area (Å²) in [4.78, 5) is 5.18. The van der Waals surface area contributed by atoms with Gasteiger partial charge in [0, 0.05) is 6.04 Å². The van der Waals surface area contributed by atoms with Crippen LogP contribution in [0.4, 0.5) is 0 Å². The summed E-state index contributed by atoms with van der Waals surface area (Å²) < 4.78 is 0. The molecule has 1 unspecified atom stereocenters. The van der Waals surface area contributed by atoms with E-state index < -0.39 is 0 Å². The highest BCUT2D eigenvalue weighted by atomic mass is 15.1. The third-order valence-electron chi connectivity index (χ3n) is 4.12. The Kier molecular flexibility index (Phi) is 7.14. The summed E-state index contributed by atoms with van der Waals surface area (Å²) in [5.41, 5.74) is 0. The molecule has 0 N–H and O–H groups in total. The van der Waals surface area contributed by atoms with Crippen molar-refractivity contribution in [1.29, 1.82) is 0 Å². The Hall–Kier alpha value is -0.0800. The van der Waals surface area contributed by atoms with E-state index in [1.54, 1.807) is 0 Å². The van der Waals surface area contributed by atoms with Crippen LogP contribution in [-0.4, -0.2) is 49.1 Å². The van der Waals surface area contributed by atoms with Crippen molar-refractivity contribution in [2.24, 2.45) is 5.92 Å². The van der Waals surface area contributed by atoms with Crippen LogP contribution in [0.5, 0.6) is 0 Å². The fourth-order valence-corrected chi connectivity index (χ4v) is 2.46. The van der Waals surface area contributed by atoms with E-state index in [0.717, 1.165) is 12.0 Å². The first kappa shape index (κ1) is 15.0. The molecule has 1 aliphatic rings. The monoisotopic (exact) mass is 240 g/mol. The molecule has 0 aromatic carbocycles. The summed E-state index contributed by atoms with van der Waals surface area (Å²) in [5.74, 6) is 0.826.